The first kappa shape index (κ1) is 26.0. The molecule has 0 spiro atoms. The van der Waals surface area contributed by atoms with Crippen molar-refractivity contribution in [1.29, 1.82) is 0 Å². The lowest BCUT2D eigenvalue weighted by Crippen LogP contribution is -2.37. The third kappa shape index (κ3) is 6.18. The number of hydrogen-bond donors (Lipinski definition) is 2. The molecule has 9 heteroatoms. The van der Waals surface area contributed by atoms with Crippen LogP contribution in [0.4, 0.5) is 20.5 Å². The lowest BCUT2D eigenvalue weighted by Gasteiger charge is -2.30. The number of nitrogens with zero attached hydrogens (tertiary/aromatic N) is 3. The smallest absolute Gasteiger partial charge is 0.225 e. The molecule has 5 nitrogen and oxygen atoms in total. The van der Waals surface area contributed by atoms with Crippen LogP contribution in [-0.4, -0.2) is 36.1 Å². The van der Waals surface area contributed by atoms with Crippen LogP contribution in [0.2, 0.25) is 0 Å². The number of fused-ring (bicyclic) bond motifs is 1. The second-order valence-electron chi connectivity index (χ2n) is 8.10. The molecule has 1 aromatic heterocycles. The van der Waals surface area contributed by atoms with Crippen molar-refractivity contribution in [3.63, 3.8) is 0 Å². The molecule has 0 unspecified atom stereocenters. The molecular formula is C23H29Cl2F2N5. The van der Waals surface area contributed by atoms with Crippen molar-refractivity contribution in [3.05, 3.63) is 59.7 Å². The van der Waals surface area contributed by atoms with E-state index in [2.05, 4.69) is 10.6 Å². The summed E-state index contributed by atoms with van der Waals surface area (Å²) in [5, 5.41) is 8.01. The fraction of sp³-hybridized carbons (Fsp3) is 0.391. The van der Waals surface area contributed by atoms with Gasteiger partial charge in [-0.25, -0.2) is 13.8 Å². The number of hydrogen-bond acceptors (Lipinski definition) is 5. The molecule has 0 bridgehead atoms. The van der Waals surface area contributed by atoms with Crippen LogP contribution in [0, 0.1) is 11.6 Å². The van der Waals surface area contributed by atoms with E-state index in [1.165, 1.54) is 12.1 Å². The Morgan fingerprint density at radius 3 is 2.28 bits per heavy atom. The maximum absolute atomic E-state index is 13.4. The molecule has 0 amide bonds. The molecule has 0 saturated heterocycles. The Balaban J connectivity index is 0.00000181. The van der Waals surface area contributed by atoms with Gasteiger partial charge >= 0.3 is 0 Å². The average Bonchev–Trinajstić information content (AvgIpc) is 2.75. The van der Waals surface area contributed by atoms with E-state index in [-0.39, 0.29) is 24.8 Å². The van der Waals surface area contributed by atoms with Gasteiger partial charge in [-0.1, -0.05) is 18.2 Å². The van der Waals surface area contributed by atoms with Gasteiger partial charge in [0.1, 0.15) is 5.82 Å². The van der Waals surface area contributed by atoms with Crippen molar-refractivity contribution in [1.82, 2.24) is 15.3 Å². The zero-order valence-electron chi connectivity index (χ0n) is 18.1. The maximum atomic E-state index is 13.4. The minimum Gasteiger partial charge on any atom is -0.362 e. The van der Waals surface area contributed by atoms with Gasteiger partial charge in [-0.15, -0.1) is 24.8 Å². The first-order valence-electron chi connectivity index (χ1n) is 10.4. The van der Waals surface area contributed by atoms with Crippen molar-refractivity contribution in [2.45, 2.75) is 44.3 Å². The highest BCUT2D eigenvalue weighted by molar-refractivity contribution is 5.90. The van der Waals surface area contributed by atoms with Gasteiger partial charge in [0.2, 0.25) is 5.95 Å². The minimum absolute atomic E-state index is 0. The predicted molar refractivity (Wildman–Crippen MR) is 131 cm³/mol. The van der Waals surface area contributed by atoms with Crippen LogP contribution in [0.1, 0.15) is 31.2 Å². The van der Waals surface area contributed by atoms with Gasteiger partial charge in [-0.05, 0) is 55.5 Å². The monoisotopic (exact) mass is 483 g/mol. The minimum atomic E-state index is -0.807. The molecule has 0 atom stereocenters. The van der Waals surface area contributed by atoms with E-state index < -0.39 is 11.6 Å². The van der Waals surface area contributed by atoms with Crippen LogP contribution in [0.25, 0.3) is 10.9 Å². The molecule has 1 aliphatic rings. The van der Waals surface area contributed by atoms with E-state index in [1.807, 2.05) is 43.3 Å². The van der Waals surface area contributed by atoms with E-state index in [9.17, 15) is 8.78 Å². The molecular weight excluding hydrogens is 455 g/mol. The number of benzene rings is 2. The van der Waals surface area contributed by atoms with Gasteiger partial charge < -0.3 is 15.5 Å². The number of halogens is 4. The molecule has 1 heterocycles. The Bertz CT molecular complexity index is 1030. The van der Waals surface area contributed by atoms with Crippen molar-refractivity contribution < 1.29 is 8.78 Å². The third-order valence-electron chi connectivity index (χ3n) is 5.65. The molecule has 1 saturated carbocycles. The molecule has 1 fully saturated rings. The Morgan fingerprint density at radius 1 is 0.906 bits per heavy atom. The normalized spacial score (nSPS) is 17.9. The summed E-state index contributed by atoms with van der Waals surface area (Å²) in [4.78, 5) is 11.4. The third-order valence-corrected chi connectivity index (χ3v) is 5.65. The highest BCUT2D eigenvalue weighted by Crippen LogP contribution is 2.26. The molecule has 2 aromatic carbocycles. The average molecular weight is 484 g/mol. The Labute approximate surface area is 199 Å². The number of para-hydroxylation sites is 1. The highest BCUT2D eigenvalue weighted by atomic mass is 35.5. The first-order chi connectivity index (χ1) is 14.5. The maximum Gasteiger partial charge on any atom is 0.225 e. The molecule has 0 aliphatic heterocycles. The van der Waals surface area contributed by atoms with Crippen molar-refractivity contribution in [2.24, 2.45) is 0 Å². The van der Waals surface area contributed by atoms with Crippen LogP contribution in [0.5, 0.6) is 0 Å². The fourth-order valence-electron chi connectivity index (χ4n) is 4.00. The second kappa shape index (κ2) is 11.6. The van der Waals surface area contributed by atoms with E-state index in [4.69, 9.17) is 9.97 Å². The van der Waals surface area contributed by atoms with Crippen LogP contribution in [0.15, 0.2) is 42.5 Å². The van der Waals surface area contributed by atoms with E-state index >= 15 is 0 Å². The second-order valence-corrected chi connectivity index (χ2v) is 8.10. The molecule has 3 aromatic rings. The summed E-state index contributed by atoms with van der Waals surface area (Å²) >= 11 is 0. The van der Waals surface area contributed by atoms with Crippen molar-refractivity contribution in [2.75, 3.05) is 24.3 Å². The Morgan fingerprint density at radius 2 is 1.59 bits per heavy atom. The molecule has 0 radical (unpaired) electrons. The lowest BCUT2D eigenvalue weighted by molar-refractivity contribution is 0.352. The fourth-order valence-corrected chi connectivity index (χ4v) is 4.00. The zero-order valence-corrected chi connectivity index (χ0v) is 19.8. The van der Waals surface area contributed by atoms with Gasteiger partial charge in [0.05, 0.1) is 5.52 Å². The van der Waals surface area contributed by atoms with E-state index in [0.717, 1.165) is 48.0 Å². The summed E-state index contributed by atoms with van der Waals surface area (Å²) in [5.74, 6) is -0.0334. The highest BCUT2D eigenvalue weighted by Gasteiger charge is 2.22. The summed E-state index contributed by atoms with van der Waals surface area (Å²) in [6, 6.07) is 12.8. The lowest BCUT2D eigenvalue weighted by atomic mass is 9.91. The summed E-state index contributed by atoms with van der Waals surface area (Å²) in [5.41, 5.74) is 1.69. The van der Waals surface area contributed by atoms with Crippen molar-refractivity contribution >= 4 is 47.5 Å². The van der Waals surface area contributed by atoms with E-state index in [0.29, 0.717) is 24.6 Å². The predicted octanol–water partition coefficient (Wildman–Crippen LogP) is 5.33. The SMILES string of the molecule is CN(C)c1nc(N[C@H]2CC[C@@H](NCc3ccc(F)c(F)c3)CC2)nc2ccccc12.Cl.Cl. The van der Waals surface area contributed by atoms with E-state index in [1.54, 1.807) is 6.07 Å². The van der Waals surface area contributed by atoms with Gasteiger partial charge in [-0.2, -0.15) is 4.98 Å². The molecule has 32 heavy (non-hydrogen) atoms. The molecule has 174 valence electrons. The quantitative estimate of drug-likeness (QED) is 0.496. The summed E-state index contributed by atoms with van der Waals surface area (Å²) in [6.07, 6.45) is 4.02. The molecule has 1 aliphatic carbocycles. The summed E-state index contributed by atoms with van der Waals surface area (Å²) in [7, 11) is 3.98. The van der Waals surface area contributed by atoms with Crippen LogP contribution >= 0.6 is 24.8 Å². The van der Waals surface area contributed by atoms with Crippen LogP contribution in [0.3, 0.4) is 0 Å². The van der Waals surface area contributed by atoms with Gasteiger partial charge in [-0.3, -0.25) is 0 Å². The topological polar surface area (TPSA) is 53.1 Å². The zero-order chi connectivity index (χ0) is 21.1. The van der Waals surface area contributed by atoms with Gasteiger partial charge in [0.25, 0.3) is 0 Å². The Hall–Kier alpha value is -2.22. The number of nitrogens with one attached hydrogen (secondary N) is 2. The van der Waals surface area contributed by atoms with Crippen molar-refractivity contribution in [3.8, 4) is 0 Å². The van der Waals surface area contributed by atoms with Crippen LogP contribution < -0.4 is 15.5 Å². The Kier molecular flexibility index (Phi) is 9.43. The number of anilines is 2. The first-order valence-corrected chi connectivity index (χ1v) is 10.4. The van der Waals surface area contributed by atoms with Gasteiger partial charge in [0, 0.05) is 38.1 Å². The largest absolute Gasteiger partial charge is 0.362 e. The van der Waals surface area contributed by atoms with Gasteiger partial charge in [0.15, 0.2) is 11.6 Å². The molecule has 4 rings (SSSR count). The van der Waals surface area contributed by atoms with Crippen LogP contribution in [-0.2, 0) is 6.54 Å². The summed E-state index contributed by atoms with van der Waals surface area (Å²) in [6.45, 7) is 0.542. The number of rotatable bonds is 6. The molecule has 2 N–H and O–H groups in total. The summed E-state index contributed by atoms with van der Waals surface area (Å²) < 4.78 is 26.4. The number of aromatic nitrogens is 2. The standard InChI is InChI=1S/C23H27F2N5.2ClH/c1-30(2)22-18-5-3-4-6-21(18)28-23(29-22)27-17-10-8-16(9-11-17)26-14-15-7-12-19(24)20(25)13-15;;/h3-7,12-13,16-17,26H,8-11,14H2,1-2H3,(H,27,28,29);2*1H/t16-,17+;;.